The average molecular weight is 289 g/mol. The molecule has 2 aliphatic heterocycles. The fourth-order valence-electron chi connectivity index (χ4n) is 3.34. The largest absolute Gasteiger partial charge is 0.493 e. The Balaban J connectivity index is 1.42. The molecule has 1 fully saturated rings. The molecule has 0 aliphatic carbocycles. The van der Waals surface area contributed by atoms with Crippen LogP contribution in [0.4, 0.5) is 0 Å². The average Bonchev–Trinajstić information content (AvgIpc) is 2.99. The van der Waals surface area contributed by atoms with Crippen LogP contribution in [0.5, 0.6) is 5.75 Å². The molecule has 1 saturated heterocycles. The van der Waals surface area contributed by atoms with Crippen LogP contribution in [0.2, 0.25) is 0 Å². The SMILES string of the molecule is CCOCC1CCN(CCc2ccc3c(c2)CCO3)CC1. The summed E-state index contributed by atoms with van der Waals surface area (Å²) in [4.78, 5) is 2.60. The summed E-state index contributed by atoms with van der Waals surface area (Å²) in [7, 11) is 0. The summed E-state index contributed by atoms with van der Waals surface area (Å²) >= 11 is 0. The predicted octanol–water partition coefficient (Wildman–Crippen LogP) is 2.91. The lowest BCUT2D eigenvalue weighted by Gasteiger charge is -2.31. The molecule has 0 unspecified atom stereocenters. The Hall–Kier alpha value is -1.06. The first-order valence-corrected chi connectivity index (χ1v) is 8.40. The molecule has 0 amide bonds. The van der Waals surface area contributed by atoms with Crippen LogP contribution in [0.15, 0.2) is 18.2 Å². The van der Waals surface area contributed by atoms with Gasteiger partial charge in [-0.05, 0) is 62.4 Å². The van der Waals surface area contributed by atoms with Crippen molar-refractivity contribution >= 4 is 0 Å². The molecule has 3 nitrogen and oxygen atoms in total. The van der Waals surface area contributed by atoms with E-state index in [2.05, 4.69) is 30.0 Å². The standard InChI is InChI=1S/C18H27NO2/c1-2-20-14-16-6-10-19(11-7-16)9-5-15-3-4-18-17(13-15)8-12-21-18/h3-4,13,16H,2,5-12,14H2,1H3. The van der Waals surface area contributed by atoms with E-state index < -0.39 is 0 Å². The lowest BCUT2D eigenvalue weighted by atomic mass is 9.97. The van der Waals surface area contributed by atoms with Gasteiger partial charge in [-0.25, -0.2) is 0 Å². The number of ether oxygens (including phenoxy) is 2. The molecule has 0 radical (unpaired) electrons. The van der Waals surface area contributed by atoms with Crippen LogP contribution >= 0.6 is 0 Å². The van der Waals surface area contributed by atoms with E-state index >= 15 is 0 Å². The summed E-state index contributed by atoms with van der Waals surface area (Å²) in [6, 6.07) is 6.71. The third kappa shape index (κ3) is 3.98. The van der Waals surface area contributed by atoms with Gasteiger partial charge in [-0.3, -0.25) is 0 Å². The van der Waals surface area contributed by atoms with Gasteiger partial charge in [0, 0.05) is 26.2 Å². The fourth-order valence-corrected chi connectivity index (χ4v) is 3.34. The number of nitrogens with zero attached hydrogens (tertiary/aromatic N) is 1. The first-order chi connectivity index (χ1) is 10.3. The summed E-state index contributed by atoms with van der Waals surface area (Å²) in [5.74, 6) is 1.87. The van der Waals surface area contributed by atoms with Crippen LogP contribution in [-0.2, 0) is 17.6 Å². The van der Waals surface area contributed by atoms with E-state index in [1.54, 1.807) is 0 Å². The maximum Gasteiger partial charge on any atom is 0.122 e. The highest BCUT2D eigenvalue weighted by atomic mass is 16.5. The molecular formula is C18H27NO2. The van der Waals surface area contributed by atoms with Crippen LogP contribution in [0.1, 0.15) is 30.9 Å². The summed E-state index contributed by atoms with van der Waals surface area (Å²) in [6.45, 7) is 8.37. The van der Waals surface area contributed by atoms with Gasteiger partial charge in [-0.1, -0.05) is 12.1 Å². The van der Waals surface area contributed by atoms with Gasteiger partial charge < -0.3 is 14.4 Å². The minimum absolute atomic E-state index is 0.776. The molecule has 3 heteroatoms. The normalized spacial score (nSPS) is 19.5. The minimum atomic E-state index is 0.776. The van der Waals surface area contributed by atoms with E-state index in [1.165, 1.54) is 43.6 Å². The van der Waals surface area contributed by atoms with E-state index in [0.29, 0.717) is 0 Å². The van der Waals surface area contributed by atoms with Crippen molar-refractivity contribution in [3.05, 3.63) is 29.3 Å². The summed E-state index contributed by atoms with van der Waals surface area (Å²) in [5.41, 5.74) is 2.85. The zero-order valence-electron chi connectivity index (χ0n) is 13.1. The second kappa shape index (κ2) is 7.28. The quantitative estimate of drug-likeness (QED) is 0.804. The number of fused-ring (bicyclic) bond motifs is 1. The Labute approximate surface area is 128 Å². The summed E-state index contributed by atoms with van der Waals surface area (Å²) in [6.07, 6.45) is 4.81. The van der Waals surface area contributed by atoms with Crippen LogP contribution < -0.4 is 4.74 Å². The Morgan fingerprint density at radius 2 is 2.14 bits per heavy atom. The number of hydrogen-bond acceptors (Lipinski definition) is 3. The minimum Gasteiger partial charge on any atom is -0.493 e. The Morgan fingerprint density at radius 3 is 2.95 bits per heavy atom. The van der Waals surface area contributed by atoms with Crippen molar-refractivity contribution in [2.75, 3.05) is 39.5 Å². The number of piperidine rings is 1. The number of hydrogen-bond donors (Lipinski definition) is 0. The molecule has 1 aromatic carbocycles. The van der Waals surface area contributed by atoms with Crippen LogP contribution in [-0.4, -0.2) is 44.4 Å². The van der Waals surface area contributed by atoms with Crippen molar-refractivity contribution in [1.29, 1.82) is 0 Å². The van der Waals surface area contributed by atoms with E-state index in [-0.39, 0.29) is 0 Å². The maximum atomic E-state index is 5.57. The van der Waals surface area contributed by atoms with E-state index in [9.17, 15) is 0 Å². The summed E-state index contributed by atoms with van der Waals surface area (Å²) in [5, 5.41) is 0. The van der Waals surface area contributed by atoms with E-state index in [4.69, 9.17) is 9.47 Å². The van der Waals surface area contributed by atoms with Gasteiger partial charge in [0.05, 0.1) is 6.61 Å². The Bertz CT molecular complexity index is 453. The van der Waals surface area contributed by atoms with Crippen LogP contribution in [0, 0.1) is 5.92 Å². The molecule has 0 atom stereocenters. The first kappa shape index (κ1) is 14.9. The van der Waals surface area contributed by atoms with Gasteiger partial charge in [0.2, 0.25) is 0 Å². The summed E-state index contributed by atoms with van der Waals surface area (Å²) < 4.78 is 11.1. The zero-order valence-corrected chi connectivity index (χ0v) is 13.1. The lowest BCUT2D eigenvalue weighted by Crippen LogP contribution is -2.36. The van der Waals surface area contributed by atoms with Gasteiger partial charge in [0.1, 0.15) is 5.75 Å². The molecule has 21 heavy (non-hydrogen) atoms. The predicted molar refractivity (Wildman–Crippen MR) is 85.0 cm³/mol. The topological polar surface area (TPSA) is 21.7 Å². The van der Waals surface area contributed by atoms with Crippen LogP contribution in [0.3, 0.4) is 0 Å². The molecule has 0 aromatic heterocycles. The maximum absolute atomic E-state index is 5.57. The number of likely N-dealkylation sites (tertiary alicyclic amines) is 1. The van der Waals surface area contributed by atoms with Crippen LogP contribution in [0.25, 0.3) is 0 Å². The van der Waals surface area contributed by atoms with Gasteiger partial charge in [0.25, 0.3) is 0 Å². The highest BCUT2D eigenvalue weighted by Gasteiger charge is 2.19. The van der Waals surface area contributed by atoms with Gasteiger partial charge in [-0.15, -0.1) is 0 Å². The van der Waals surface area contributed by atoms with E-state index in [0.717, 1.165) is 44.3 Å². The smallest absolute Gasteiger partial charge is 0.122 e. The van der Waals surface area contributed by atoms with E-state index in [1.807, 2.05) is 0 Å². The molecule has 0 saturated carbocycles. The molecule has 3 rings (SSSR count). The number of benzene rings is 1. The van der Waals surface area contributed by atoms with Crippen molar-refractivity contribution in [1.82, 2.24) is 4.90 Å². The second-order valence-electron chi connectivity index (χ2n) is 6.24. The molecule has 1 aromatic rings. The molecule has 0 spiro atoms. The Kier molecular flexibility index (Phi) is 5.15. The van der Waals surface area contributed by atoms with Crippen molar-refractivity contribution in [2.24, 2.45) is 5.92 Å². The lowest BCUT2D eigenvalue weighted by molar-refractivity contribution is 0.0745. The first-order valence-electron chi connectivity index (χ1n) is 8.40. The highest BCUT2D eigenvalue weighted by molar-refractivity contribution is 5.39. The molecule has 2 heterocycles. The van der Waals surface area contributed by atoms with Crippen molar-refractivity contribution in [3.63, 3.8) is 0 Å². The molecular weight excluding hydrogens is 262 g/mol. The Morgan fingerprint density at radius 1 is 1.29 bits per heavy atom. The zero-order chi connectivity index (χ0) is 14.5. The third-order valence-electron chi connectivity index (χ3n) is 4.74. The monoisotopic (exact) mass is 289 g/mol. The van der Waals surface area contributed by atoms with Gasteiger partial charge >= 0.3 is 0 Å². The molecule has 0 N–H and O–H groups in total. The molecule has 116 valence electrons. The van der Waals surface area contributed by atoms with Gasteiger partial charge in [0.15, 0.2) is 0 Å². The number of rotatable bonds is 6. The van der Waals surface area contributed by atoms with Crippen molar-refractivity contribution in [2.45, 2.75) is 32.6 Å². The highest BCUT2D eigenvalue weighted by Crippen LogP contribution is 2.26. The van der Waals surface area contributed by atoms with Gasteiger partial charge in [-0.2, -0.15) is 0 Å². The fraction of sp³-hybridized carbons (Fsp3) is 0.667. The van der Waals surface area contributed by atoms with Crippen molar-refractivity contribution in [3.8, 4) is 5.75 Å². The molecule has 0 bridgehead atoms. The third-order valence-corrected chi connectivity index (χ3v) is 4.74. The van der Waals surface area contributed by atoms with Crippen molar-refractivity contribution < 1.29 is 9.47 Å². The molecule has 2 aliphatic rings. The second-order valence-corrected chi connectivity index (χ2v) is 6.24.